The zero-order chi connectivity index (χ0) is 21.8. The van der Waals surface area contributed by atoms with Gasteiger partial charge in [0.2, 0.25) is 10.0 Å². The van der Waals surface area contributed by atoms with Crippen LogP contribution >= 0.6 is 0 Å². The van der Waals surface area contributed by atoms with Crippen LogP contribution in [0.2, 0.25) is 0 Å². The van der Waals surface area contributed by atoms with Crippen molar-refractivity contribution in [1.82, 2.24) is 15.4 Å². The number of benzene rings is 1. The minimum absolute atomic E-state index is 0.00889. The molecule has 0 aromatic heterocycles. The highest BCUT2D eigenvalue weighted by Gasteiger charge is 2.14. The summed E-state index contributed by atoms with van der Waals surface area (Å²) in [5, 5.41) is 6.60. The van der Waals surface area contributed by atoms with Crippen molar-refractivity contribution in [1.29, 1.82) is 0 Å². The van der Waals surface area contributed by atoms with Gasteiger partial charge in [-0.25, -0.2) is 13.1 Å². The summed E-state index contributed by atoms with van der Waals surface area (Å²) < 4.78 is 32.6. The molecule has 1 fully saturated rings. The number of rotatable bonds is 11. The van der Waals surface area contributed by atoms with Gasteiger partial charge >= 0.3 is 0 Å². The Balaban J connectivity index is 1.66. The topological polar surface area (TPSA) is 91.8 Å². The molecule has 0 unspecified atom stereocenters. The fourth-order valence-corrected chi connectivity index (χ4v) is 4.97. The molecular weight excluding hydrogens is 400 g/mol. The Labute approximate surface area is 182 Å². The number of sulfonamides is 1. The van der Waals surface area contributed by atoms with Crippen molar-refractivity contribution < 1.29 is 13.2 Å². The molecule has 0 atom stereocenters. The zero-order valence-corrected chi connectivity index (χ0v) is 19.4. The molecule has 2 rings (SSSR count). The van der Waals surface area contributed by atoms with E-state index in [4.69, 9.17) is 4.74 Å². The summed E-state index contributed by atoms with van der Waals surface area (Å²) in [6.07, 6.45) is 7.75. The third kappa shape index (κ3) is 9.91. The highest BCUT2D eigenvalue weighted by Crippen LogP contribution is 2.20. The van der Waals surface area contributed by atoms with Crippen LogP contribution in [-0.2, 0) is 27.1 Å². The molecule has 3 N–H and O–H groups in total. The molecule has 1 aliphatic carbocycles. The standard InChI is InChI=1S/C22H38N4O3S/c1-18(2)26-30(27,28)17-20-12-10-19(11-13-20)16-25-22(23-3)24-14-7-15-29-21-8-5-4-6-9-21/h10-13,18,21,26H,4-9,14-17H2,1-3H3,(H2,23,24,25). The Morgan fingerprint density at radius 3 is 2.40 bits per heavy atom. The molecule has 1 aromatic carbocycles. The Morgan fingerprint density at radius 2 is 1.77 bits per heavy atom. The highest BCUT2D eigenvalue weighted by atomic mass is 32.2. The molecule has 0 bridgehead atoms. The average molecular weight is 439 g/mol. The van der Waals surface area contributed by atoms with Crippen molar-refractivity contribution in [3.8, 4) is 0 Å². The molecule has 7 nitrogen and oxygen atoms in total. The molecule has 30 heavy (non-hydrogen) atoms. The van der Waals surface area contributed by atoms with Crippen molar-refractivity contribution in [2.75, 3.05) is 20.2 Å². The van der Waals surface area contributed by atoms with Gasteiger partial charge in [0, 0.05) is 32.8 Å². The summed E-state index contributed by atoms with van der Waals surface area (Å²) in [5.41, 5.74) is 1.84. The predicted molar refractivity (Wildman–Crippen MR) is 123 cm³/mol. The number of nitrogens with zero attached hydrogens (tertiary/aromatic N) is 1. The molecular formula is C22H38N4O3S. The first-order valence-corrected chi connectivity index (χ1v) is 12.7. The third-order valence-corrected chi connectivity index (χ3v) is 6.54. The quantitative estimate of drug-likeness (QED) is 0.281. The zero-order valence-electron chi connectivity index (χ0n) is 18.6. The van der Waals surface area contributed by atoms with Crippen molar-refractivity contribution in [3.05, 3.63) is 35.4 Å². The van der Waals surface area contributed by atoms with E-state index in [1.54, 1.807) is 7.05 Å². The van der Waals surface area contributed by atoms with E-state index in [0.717, 1.165) is 36.7 Å². The minimum atomic E-state index is -3.30. The first-order chi connectivity index (χ1) is 14.4. The largest absolute Gasteiger partial charge is 0.378 e. The van der Waals surface area contributed by atoms with Crippen LogP contribution in [0, 0.1) is 0 Å². The van der Waals surface area contributed by atoms with Crippen LogP contribution in [-0.4, -0.2) is 46.7 Å². The highest BCUT2D eigenvalue weighted by molar-refractivity contribution is 7.88. The molecule has 0 amide bonds. The van der Waals surface area contributed by atoms with Crippen molar-refractivity contribution in [3.63, 3.8) is 0 Å². The molecule has 1 saturated carbocycles. The lowest BCUT2D eigenvalue weighted by Crippen LogP contribution is -2.37. The van der Waals surface area contributed by atoms with Crippen LogP contribution < -0.4 is 15.4 Å². The van der Waals surface area contributed by atoms with Crippen LogP contribution in [0.25, 0.3) is 0 Å². The van der Waals surface area contributed by atoms with Gasteiger partial charge in [-0.15, -0.1) is 0 Å². The Morgan fingerprint density at radius 1 is 1.10 bits per heavy atom. The minimum Gasteiger partial charge on any atom is -0.378 e. The van der Waals surface area contributed by atoms with E-state index >= 15 is 0 Å². The molecule has 0 saturated heterocycles. The lowest BCUT2D eigenvalue weighted by molar-refractivity contribution is 0.0277. The molecule has 0 spiro atoms. The lowest BCUT2D eigenvalue weighted by Gasteiger charge is -2.22. The fraction of sp³-hybridized carbons (Fsp3) is 0.682. The maximum absolute atomic E-state index is 12.0. The van der Waals surface area contributed by atoms with E-state index in [1.165, 1.54) is 32.1 Å². The summed E-state index contributed by atoms with van der Waals surface area (Å²) in [4.78, 5) is 4.25. The maximum Gasteiger partial charge on any atom is 0.216 e. The summed E-state index contributed by atoms with van der Waals surface area (Å²) in [6.45, 7) is 5.85. The second-order valence-electron chi connectivity index (χ2n) is 8.19. The maximum atomic E-state index is 12.0. The number of hydrogen-bond acceptors (Lipinski definition) is 4. The fourth-order valence-electron chi connectivity index (χ4n) is 3.54. The van der Waals surface area contributed by atoms with Crippen molar-refractivity contribution in [2.24, 2.45) is 4.99 Å². The predicted octanol–water partition coefficient (Wildman–Crippen LogP) is 2.92. The number of ether oxygens (including phenoxy) is 1. The summed E-state index contributed by atoms with van der Waals surface area (Å²) in [5.74, 6) is 0.742. The first-order valence-electron chi connectivity index (χ1n) is 11.0. The van der Waals surface area contributed by atoms with Gasteiger partial charge in [0.05, 0.1) is 11.9 Å². The number of aliphatic imine (C=N–C) groups is 1. The van der Waals surface area contributed by atoms with Gasteiger partial charge in [0.25, 0.3) is 0 Å². The SMILES string of the molecule is CN=C(NCCCOC1CCCCC1)NCc1ccc(CS(=O)(=O)NC(C)C)cc1. The molecule has 0 radical (unpaired) electrons. The summed E-state index contributed by atoms with van der Waals surface area (Å²) in [6, 6.07) is 7.50. The van der Waals surface area contributed by atoms with Crippen molar-refractivity contribution >= 4 is 16.0 Å². The molecule has 0 heterocycles. The van der Waals surface area contributed by atoms with Gasteiger partial charge in [-0.3, -0.25) is 4.99 Å². The first kappa shape index (κ1) is 24.6. The van der Waals surface area contributed by atoms with Gasteiger partial charge in [0.1, 0.15) is 0 Å². The van der Waals surface area contributed by atoms with E-state index in [2.05, 4.69) is 20.3 Å². The monoisotopic (exact) mass is 438 g/mol. The van der Waals surface area contributed by atoms with E-state index in [1.807, 2.05) is 38.1 Å². The van der Waals surface area contributed by atoms with Crippen LogP contribution in [0.4, 0.5) is 0 Å². The van der Waals surface area contributed by atoms with Crippen LogP contribution in [0.1, 0.15) is 63.5 Å². The molecule has 170 valence electrons. The normalized spacial score (nSPS) is 16.1. The van der Waals surface area contributed by atoms with Crippen molar-refractivity contribution in [2.45, 2.75) is 76.8 Å². The molecule has 0 aliphatic heterocycles. The van der Waals surface area contributed by atoms with E-state index in [9.17, 15) is 8.42 Å². The number of hydrogen-bond donors (Lipinski definition) is 3. The smallest absolute Gasteiger partial charge is 0.216 e. The van der Waals surface area contributed by atoms with E-state index in [-0.39, 0.29) is 11.8 Å². The molecule has 1 aromatic rings. The third-order valence-electron chi connectivity index (χ3n) is 5.00. The van der Waals surface area contributed by atoms with Gasteiger partial charge in [-0.2, -0.15) is 0 Å². The average Bonchev–Trinajstić information content (AvgIpc) is 2.70. The Bertz CT molecular complexity index is 742. The number of guanidine groups is 1. The van der Waals surface area contributed by atoms with Crippen LogP contribution in [0.15, 0.2) is 29.3 Å². The second kappa shape index (κ2) is 12.9. The van der Waals surface area contributed by atoms with Gasteiger partial charge in [0.15, 0.2) is 5.96 Å². The molecule has 8 heteroatoms. The number of nitrogens with one attached hydrogen (secondary N) is 3. The molecule has 1 aliphatic rings. The lowest BCUT2D eigenvalue weighted by atomic mass is 9.98. The Hall–Kier alpha value is -1.64. The van der Waals surface area contributed by atoms with Crippen LogP contribution in [0.5, 0.6) is 0 Å². The van der Waals surface area contributed by atoms with Crippen LogP contribution in [0.3, 0.4) is 0 Å². The van der Waals surface area contributed by atoms with E-state index < -0.39 is 10.0 Å². The summed E-state index contributed by atoms with van der Waals surface area (Å²) in [7, 11) is -1.55. The van der Waals surface area contributed by atoms with Gasteiger partial charge in [-0.05, 0) is 44.2 Å². The van der Waals surface area contributed by atoms with E-state index in [0.29, 0.717) is 12.6 Å². The summed E-state index contributed by atoms with van der Waals surface area (Å²) >= 11 is 0. The van der Waals surface area contributed by atoms with Gasteiger partial charge < -0.3 is 15.4 Å². The Kier molecular flexibility index (Phi) is 10.6. The second-order valence-corrected chi connectivity index (χ2v) is 9.94. The van der Waals surface area contributed by atoms with Gasteiger partial charge in [-0.1, -0.05) is 43.5 Å².